The van der Waals surface area contributed by atoms with Crippen molar-refractivity contribution in [2.45, 2.75) is 63.0 Å². The van der Waals surface area contributed by atoms with Crippen LogP contribution in [-0.4, -0.2) is 70.0 Å². The number of hydrogen-bond acceptors (Lipinski definition) is 9. The van der Waals surface area contributed by atoms with Gasteiger partial charge in [0.1, 0.15) is 24.4 Å². The summed E-state index contributed by atoms with van der Waals surface area (Å²) >= 11 is 0. The van der Waals surface area contributed by atoms with Crippen LogP contribution in [0.3, 0.4) is 0 Å². The Morgan fingerprint density at radius 1 is 1.03 bits per heavy atom. The van der Waals surface area contributed by atoms with Gasteiger partial charge in [0.15, 0.2) is 23.0 Å². The van der Waals surface area contributed by atoms with Gasteiger partial charge in [-0.15, -0.1) is 0 Å². The minimum atomic E-state index is -1.43. The second-order valence-corrected chi connectivity index (χ2v) is 8.45. The summed E-state index contributed by atoms with van der Waals surface area (Å²) in [5.41, 5.74) is 2.64. The second kappa shape index (κ2) is 9.74. The number of phenols is 1. The van der Waals surface area contributed by atoms with Crippen molar-refractivity contribution in [2.75, 3.05) is 13.7 Å². The number of aliphatic hydroxyl groups excluding tert-OH is 4. The van der Waals surface area contributed by atoms with Gasteiger partial charge >= 0.3 is 0 Å². The minimum Gasteiger partial charge on any atom is -0.504 e. The van der Waals surface area contributed by atoms with Crippen LogP contribution in [-0.2, 0) is 17.6 Å². The van der Waals surface area contributed by atoms with Crippen LogP contribution < -0.4 is 14.2 Å². The Hall–Kier alpha value is -2.56. The van der Waals surface area contributed by atoms with Crippen molar-refractivity contribution >= 4 is 0 Å². The smallest absolute Gasteiger partial charge is 0.229 e. The zero-order valence-corrected chi connectivity index (χ0v) is 18.5. The molecule has 0 spiro atoms. The molecule has 6 atom stereocenters. The fourth-order valence-corrected chi connectivity index (χ4v) is 4.24. The molecule has 2 aromatic carbocycles. The Morgan fingerprint density at radius 2 is 1.82 bits per heavy atom. The summed E-state index contributed by atoms with van der Waals surface area (Å²) in [6.07, 6.45) is -4.44. The van der Waals surface area contributed by atoms with Crippen molar-refractivity contribution < 1.29 is 44.5 Å². The van der Waals surface area contributed by atoms with Crippen molar-refractivity contribution in [1.82, 2.24) is 0 Å². The van der Waals surface area contributed by atoms with E-state index in [1.54, 1.807) is 31.2 Å². The van der Waals surface area contributed by atoms with E-state index >= 15 is 0 Å². The lowest BCUT2D eigenvalue weighted by atomic mass is 9.99. The Balaban J connectivity index is 1.51. The van der Waals surface area contributed by atoms with E-state index in [-0.39, 0.29) is 18.5 Å². The van der Waals surface area contributed by atoms with E-state index in [2.05, 4.69) is 0 Å². The molecule has 0 saturated carbocycles. The number of aryl methyl sites for hydroxylation is 1. The van der Waals surface area contributed by atoms with Gasteiger partial charge in [0.2, 0.25) is 6.29 Å². The van der Waals surface area contributed by atoms with Crippen LogP contribution in [0.25, 0.3) is 0 Å². The van der Waals surface area contributed by atoms with E-state index in [1.165, 1.54) is 7.11 Å². The molecule has 1 fully saturated rings. The fourth-order valence-electron chi connectivity index (χ4n) is 4.24. The number of rotatable bonds is 7. The number of methoxy groups -OCH3 is 1. The van der Waals surface area contributed by atoms with Crippen LogP contribution in [0, 0.1) is 0 Å². The van der Waals surface area contributed by atoms with Crippen molar-refractivity contribution in [3.8, 4) is 23.0 Å². The third-order valence-electron chi connectivity index (χ3n) is 6.11. The van der Waals surface area contributed by atoms with Crippen LogP contribution in [0.1, 0.15) is 36.1 Å². The highest BCUT2D eigenvalue weighted by Crippen LogP contribution is 2.44. The molecular weight excluding hydrogens is 432 g/mol. The summed E-state index contributed by atoms with van der Waals surface area (Å²) < 4.78 is 22.7. The van der Waals surface area contributed by atoms with Crippen LogP contribution in [0.15, 0.2) is 30.3 Å². The normalized spacial score (nSPS) is 28.8. The lowest BCUT2D eigenvalue weighted by Crippen LogP contribution is -2.58. The van der Waals surface area contributed by atoms with E-state index in [9.17, 15) is 20.4 Å². The number of aliphatic hydroxyl groups is 4. The number of phenolic OH excluding ortho intramolecular Hbond substituents is 1. The monoisotopic (exact) mass is 462 g/mol. The molecule has 0 bridgehead atoms. The number of ether oxygens (including phenoxy) is 4. The molecule has 0 aromatic heterocycles. The summed E-state index contributed by atoms with van der Waals surface area (Å²) in [6.45, 7) is 1.67. The summed E-state index contributed by atoms with van der Waals surface area (Å²) in [5, 5.41) is 49.5. The lowest BCUT2D eigenvalue weighted by Gasteiger charge is -2.39. The average molecular weight is 462 g/mol. The van der Waals surface area contributed by atoms with Gasteiger partial charge in [-0.1, -0.05) is 12.1 Å². The van der Waals surface area contributed by atoms with Gasteiger partial charge < -0.3 is 44.5 Å². The van der Waals surface area contributed by atoms with E-state index in [4.69, 9.17) is 24.1 Å². The van der Waals surface area contributed by atoms with Crippen LogP contribution in [0.5, 0.6) is 23.0 Å². The second-order valence-electron chi connectivity index (χ2n) is 8.45. The van der Waals surface area contributed by atoms with Gasteiger partial charge in [0.05, 0.1) is 13.2 Å². The molecule has 2 aliphatic heterocycles. The molecule has 2 aromatic rings. The van der Waals surface area contributed by atoms with Gasteiger partial charge in [0.25, 0.3) is 0 Å². The molecule has 9 nitrogen and oxygen atoms in total. The largest absolute Gasteiger partial charge is 0.504 e. The Morgan fingerprint density at radius 3 is 2.55 bits per heavy atom. The zero-order valence-electron chi connectivity index (χ0n) is 18.5. The third kappa shape index (κ3) is 4.73. The lowest BCUT2D eigenvalue weighted by molar-refractivity contribution is -0.268. The molecule has 0 radical (unpaired) electrons. The molecule has 0 aliphatic carbocycles. The molecule has 1 saturated heterocycles. The fraction of sp³-hybridized carbons (Fsp3) is 0.500. The maximum atomic E-state index is 10.4. The molecule has 1 unspecified atom stereocenters. The summed E-state index contributed by atoms with van der Waals surface area (Å²) in [7, 11) is 1.48. The SMILES string of the molecule is COc1cc(C2Cc3cc(CCCO)cc(O)c3O2)ccc1O[C@@H]1O[C@@H](C)[C@H](O)[C@@H](O)[C@H]1O. The standard InChI is InChI=1S/C24H30O9/c1-12-20(27)21(28)22(29)24(31-12)33-17-6-5-14(10-19(17)30-2)18-11-15-8-13(4-3-7-25)9-16(26)23(15)32-18/h5-6,8-10,12,18,20-22,24-29H,3-4,7,11H2,1-2H3/t12-,18?,20-,21+,22+,24-/m0/s1. The summed E-state index contributed by atoms with van der Waals surface area (Å²) in [5.74, 6) is 1.20. The highest BCUT2D eigenvalue weighted by molar-refractivity contribution is 5.53. The Labute approximate surface area is 191 Å². The highest BCUT2D eigenvalue weighted by atomic mass is 16.7. The Kier molecular flexibility index (Phi) is 6.96. The molecule has 0 amide bonds. The first-order valence-corrected chi connectivity index (χ1v) is 11.0. The zero-order chi connectivity index (χ0) is 23.7. The Bertz CT molecular complexity index is 979. The highest BCUT2D eigenvalue weighted by Gasteiger charge is 2.43. The molecule has 2 aliphatic rings. The summed E-state index contributed by atoms with van der Waals surface area (Å²) in [4.78, 5) is 0. The maximum absolute atomic E-state index is 10.4. The van der Waals surface area contributed by atoms with Gasteiger partial charge in [-0.3, -0.25) is 0 Å². The average Bonchev–Trinajstić information content (AvgIpc) is 3.25. The van der Waals surface area contributed by atoms with Gasteiger partial charge in [-0.2, -0.15) is 0 Å². The van der Waals surface area contributed by atoms with Crippen LogP contribution in [0.4, 0.5) is 0 Å². The number of benzene rings is 2. The first kappa shape index (κ1) is 23.6. The molecule has 4 rings (SSSR count). The maximum Gasteiger partial charge on any atom is 0.229 e. The van der Waals surface area contributed by atoms with Gasteiger partial charge in [0, 0.05) is 18.6 Å². The first-order chi connectivity index (χ1) is 15.8. The van der Waals surface area contributed by atoms with Crippen molar-refractivity contribution in [2.24, 2.45) is 0 Å². The van der Waals surface area contributed by atoms with E-state index in [0.29, 0.717) is 36.5 Å². The summed E-state index contributed by atoms with van der Waals surface area (Å²) in [6, 6.07) is 8.85. The molecule has 180 valence electrons. The molecule has 2 heterocycles. The van der Waals surface area contributed by atoms with Gasteiger partial charge in [-0.05, 0) is 49.1 Å². The molecule has 5 N–H and O–H groups in total. The predicted octanol–water partition coefficient (Wildman–Crippen LogP) is 1.21. The molecule has 9 heteroatoms. The van der Waals surface area contributed by atoms with Crippen molar-refractivity contribution in [1.29, 1.82) is 0 Å². The third-order valence-corrected chi connectivity index (χ3v) is 6.11. The molecule has 33 heavy (non-hydrogen) atoms. The van der Waals surface area contributed by atoms with Crippen molar-refractivity contribution in [3.05, 3.63) is 47.0 Å². The first-order valence-electron chi connectivity index (χ1n) is 11.0. The number of aromatic hydroxyl groups is 1. The van der Waals surface area contributed by atoms with Crippen LogP contribution in [0.2, 0.25) is 0 Å². The number of hydrogen-bond donors (Lipinski definition) is 5. The minimum absolute atomic E-state index is 0.0770. The molecular formula is C24H30O9. The van der Waals surface area contributed by atoms with Gasteiger partial charge in [-0.25, -0.2) is 0 Å². The van der Waals surface area contributed by atoms with E-state index < -0.39 is 30.7 Å². The van der Waals surface area contributed by atoms with Crippen molar-refractivity contribution in [3.63, 3.8) is 0 Å². The van der Waals surface area contributed by atoms with Crippen LogP contribution >= 0.6 is 0 Å². The number of fused-ring (bicyclic) bond motifs is 1. The van der Waals surface area contributed by atoms with E-state index in [1.807, 2.05) is 6.07 Å². The van der Waals surface area contributed by atoms with E-state index in [0.717, 1.165) is 16.7 Å². The quantitative estimate of drug-likeness (QED) is 0.411. The topological polar surface area (TPSA) is 138 Å². The predicted molar refractivity (Wildman–Crippen MR) is 117 cm³/mol.